The van der Waals surface area contributed by atoms with Crippen LogP contribution in [0.3, 0.4) is 0 Å². The third kappa shape index (κ3) is 3.70. The van der Waals surface area contributed by atoms with Crippen molar-refractivity contribution in [1.29, 1.82) is 0 Å². The predicted molar refractivity (Wildman–Crippen MR) is 104 cm³/mol. The average molecular weight is 414 g/mol. The number of carbonyl (C=O) groups is 3. The van der Waals surface area contributed by atoms with Gasteiger partial charge >= 0.3 is 12.1 Å². The number of piperidine rings is 1. The van der Waals surface area contributed by atoms with Gasteiger partial charge in [-0.05, 0) is 42.7 Å². The molecule has 2 fully saturated rings. The molecule has 2 N–H and O–H groups in total. The fourth-order valence-corrected chi connectivity index (χ4v) is 3.78. The summed E-state index contributed by atoms with van der Waals surface area (Å²) in [6.07, 6.45) is 0.504. The van der Waals surface area contributed by atoms with Crippen molar-refractivity contribution in [2.75, 3.05) is 18.4 Å². The maximum Gasteiger partial charge on any atom is 0.325 e. The minimum absolute atomic E-state index is 0.0458. The molecular formula is C21H20F2N4O3. The molecule has 9 heteroatoms. The fraction of sp³-hybridized carbons (Fsp3) is 0.286. The van der Waals surface area contributed by atoms with Crippen LogP contribution in [0.25, 0.3) is 0 Å². The van der Waals surface area contributed by atoms with E-state index in [4.69, 9.17) is 0 Å². The second-order valence-electron chi connectivity index (χ2n) is 7.43. The molecule has 2 aliphatic rings. The Labute approximate surface area is 171 Å². The normalized spacial score (nSPS) is 17.9. The van der Waals surface area contributed by atoms with E-state index in [1.807, 2.05) is 0 Å². The number of benzene rings is 2. The van der Waals surface area contributed by atoms with E-state index >= 15 is 0 Å². The minimum atomic E-state index is -1.06. The summed E-state index contributed by atoms with van der Waals surface area (Å²) in [5, 5.41) is 5.29. The van der Waals surface area contributed by atoms with Gasteiger partial charge in [0.05, 0.1) is 12.2 Å². The van der Waals surface area contributed by atoms with Gasteiger partial charge in [-0.3, -0.25) is 9.69 Å². The quantitative estimate of drug-likeness (QED) is 0.758. The standard InChI is InChI=1S/C21H20F2N4O3/c22-15-7-5-14(6-8-15)13-27-18(28)21(25-20(27)30)9-11-26(12-10-21)19(29)24-17-4-2-1-3-16(17)23/h1-8H,9-13H2,(H,24,29)(H,25,30). The summed E-state index contributed by atoms with van der Waals surface area (Å²) < 4.78 is 26.8. The Bertz CT molecular complexity index is 988. The van der Waals surface area contributed by atoms with Gasteiger partial charge in [-0.15, -0.1) is 0 Å². The third-order valence-electron chi connectivity index (χ3n) is 5.52. The largest absolute Gasteiger partial charge is 0.325 e. The third-order valence-corrected chi connectivity index (χ3v) is 5.52. The Kier molecular flexibility index (Phi) is 5.11. The lowest BCUT2D eigenvalue weighted by molar-refractivity contribution is -0.133. The lowest BCUT2D eigenvalue weighted by Gasteiger charge is -2.37. The Morgan fingerprint density at radius 3 is 2.37 bits per heavy atom. The van der Waals surface area contributed by atoms with Crippen LogP contribution in [-0.2, 0) is 11.3 Å². The molecule has 0 atom stereocenters. The highest BCUT2D eigenvalue weighted by Crippen LogP contribution is 2.30. The van der Waals surface area contributed by atoms with Gasteiger partial charge < -0.3 is 15.5 Å². The molecular weight excluding hydrogens is 394 g/mol. The number of carbonyl (C=O) groups excluding carboxylic acids is 3. The van der Waals surface area contributed by atoms with E-state index in [0.717, 1.165) is 4.90 Å². The number of nitrogens with zero attached hydrogens (tertiary/aromatic N) is 2. The molecule has 0 unspecified atom stereocenters. The molecule has 1 spiro atoms. The van der Waals surface area contributed by atoms with Crippen LogP contribution >= 0.6 is 0 Å². The van der Waals surface area contributed by atoms with E-state index in [0.29, 0.717) is 5.56 Å². The van der Waals surface area contributed by atoms with E-state index in [1.165, 1.54) is 47.4 Å². The molecule has 2 saturated heterocycles. The molecule has 5 amide bonds. The van der Waals surface area contributed by atoms with Gasteiger partial charge in [0.25, 0.3) is 5.91 Å². The number of hydrogen-bond acceptors (Lipinski definition) is 3. The maximum atomic E-state index is 13.7. The number of likely N-dealkylation sites (tertiary alicyclic amines) is 1. The van der Waals surface area contributed by atoms with Crippen LogP contribution in [0.1, 0.15) is 18.4 Å². The van der Waals surface area contributed by atoms with E-state index in [2.05, 4.69) is 10.6 Å². The first-order valence-corrected chi connectivity index (χ1v) is 9.57. The summed E-state index contributed by atoms with van der Waals surface area (Å²) in [6, 6.07) is 10.5. The van der Waals surface area contributed by atoms with Gasteiger partial charge in [0.1, 0.15) is 17.2 Å². The lowest BCUT2D eigenvalue weighted by atomic mass is 9.87. The van der Waals surface area contributed by atoms with Gasteiger partial charge in [0.2, 0.25) is 0 Å². The molecule has 4 rings (SSSR count). The van der Waals surface area contributed by atoms with Crippen molar-refractivity contribution in [3.05, 3.63) is 65.7 Å². The van der Waals surface area contributed by atoms with E-state index < -0.39 is 29.2 Å². The second-order valence-corrected chi connectivity index (χ2v) is 7.43. The second kappa shape index (κ2) is 7.74. The van der Waals surface area contributed by atoms with Crippen molar-refractivity contribution in [3.8, 4) is 0 Å². The number of para-hydroxylation sites is 1. The van der Waals surface area contributed by atoms with E-state index in [9.17, 15) is 23.2 Å². The van der Waals surface area contributed by atoms with Crippen molar-refractivity contribution in [2.24, 2.45) is 0 Å². The molecule has 2 aromatic rings. The van der Waals surface area contributed by atoms with Crippen LogP contribution in [0.2, 0.25) is 0 Å². The smallest absolute Gasteiger partial charge is 0.324 e. The summed E-state index contributed by atoms with van der Waals surface area (Å²) in [7, 11) is 0. The lowest BCUT2D eigenvalue weighted by Crippen LogP contribution is -2.56. The average Bonchev–Trinajstić information content (AvgIpc) is 2.96. The summed E-state index contributed by atoms with van der Waals surface area (Å²) in [4.78, 5) is 40.4. The SMILES string of the molecule is O=C(Nc1ccccc1F)N1CCC2(CC1)NC(=O)N(Cc1ccc(F)cc1)C2=O. The molecule has 2 aliphatic heterocycles. The number of hydrogen-bond donors (Lipinski definition) is 2. The van der Waals surface area contributed by atoms with Crippen molar-refractivity contribution in [3.63, 3.8) is 0 Å². The molecule has 30 heavy (non-hydrogen) atoms. The summed E-state index contributed by atoms with van der Waals surface area (Å²) >= 11 is 0. The topological polar surface area (TPSA) is 81.8 Å². The molecule has 0 radical (unpaired) electrons. The Hall–Kier alpha value is -3.49. The first-order valence-electron chi connectivity index (χ1n) is 9.57. The van der Waals surface area contributed by atoms with Crippen LogP contribution in [0.15, 0.2) is 48.5 Å². The Morgan fingerprint density at radius 2 is 1.70 bits per heavy atom. The zero-order valence-corrected chi connectivity index (χ0v) is 16.0. The molecule has 2 heterocycles. The number of imide groups is 1. The molecule has 0 bridgehead atoms. The van der Waals surface area contributed by atoms with Gasteiger partial charge in [0.15, 0.2) is 0 Å². The molecule has 0 aromatic heterocycles. The predicted octanol–water partition coefficient (Wildman–Crippen LogP) is 3.08. The molecule has 0 aliphatic carbocycles. The Balaban J connectivity index is 1.39. The molecule has 7 nitrogen and oxygen atoms in total. The molecule has 2 aromatic carbocycles. The maximum absolute atomic E-state index is 13.7. The monoisotopic (exact) mass is 414 g/mol. The van der Waals surface area contributed by atoms with Crippen LogP contribution in [0, 0.1) is 11.6 Å². The molecule has 0 saturated carbocycles. The highest BCUT2D eigenvalue weighted by Gasteiger charge is 2.52. The highest BCUT2D eigenvalue weighted by molar-refractivity contribution is 6.07. The number of urea groups is 2. The van der Waals surface area contributed by atoms with Crippen LogP contribution < -0.4 is 10.6 Å². The summed E-state index contributed by atoms with van der Waals surface area (Å²) in [5.41, 5.74) is -0.344. The zero-order chi connectivity index (χ0) is 21.3. The summed E-state index contributed by atoms with van der Waals surface area (Å²) in [5.74, 6) is -1.28. The van der Waals surface area contributed by atoms with Crippen LogP contribution in [0.5, 0.6) is 0 Å². The van der Waals surface area contributed by atoms with Crippen molar-refractivity contribution < 1.29 is 23.2 Å². The molecule has 156 valence electrons. The van der Waals surface area contributed by atoms with E-state index in [-0.39, 0.29) is 44.1 Å². The first kappa shape index (κ1) is 19.8. The van der Waals surface area contributed by atoms with Gasteiger partial charge in [0, 0.05) is 13.1 Å². The number of halogens is 2. The number of rotatable bonds is 3. The first-order chi connectivity index (χ1) is 14.4. The van der Waals surface area contributed by atoms with Crippen LogP contribution in [-0.4, -0.2) is 46.4 Å². The Morgan fingerprint density at radius 1 is 1.03 bits per heavy atom. The minimum Gasteiger partial charge on any atom is -0.324 e. The van der Waals surface area contributed by atoms with Crippen molar-refractivity contribution in [2.45, 2.75) is 24.9 Å². The van der Waals surface area contributed by atoms with Gasteiger partial charge in [-0.25, -0.2) is 18.4 Å². The number of anilines is 1. The summed E-state index contributed by atoms with van der Waals surface area (Å²) in [6.45, 7) is 0.511. The highest BCUT2D eigenvalue weighted by atomic mass is 19.1. The van der Waals surface area contributed by atoms with Crippen molar-refractivity contribution >= 4 is 23.7 Å². The van der Waals surface area contributed by atoms with E-state index in [1.54, 1.807) is 6.07 Å². The van der Waals surface area contributed by atoms with Gasteiger partial charge in [-0.1, -0.05) is 24.3 Å². The fourth-order valence-electron chi connectivity index (χ4n) is 3.78. The number of amides is 5. The van der Waals surface area contributed by atoms with Crippen molar-refractivity contribution in [1.82, 2.24) is 15.1 Å². The van der Waals surface area contributed by atoms with Crippen LogP contribution in [0.4, 0.5) is 24.1 Å². The number of nitrogens with one attached hydrogen (secondary N) is 2. The van der Waals surface area contributed by atoms with Gasteiger partial charge in [-0.2, -0.15) is 0 Å². The zero-order valence-electron chi connectivity index (χ0n) is 16.0.